The van der Waals surface area contributed by atoms with Crippen molar-refractivity contribution in [3.05, 3.63) is 142 Å². The summed E-state index contributed by atoms with van der Waals surface area (Å²) in [6.45, 7) is 18.2. The predicted octanol–water partition coefficient (Wildman–Crippen LogP) is 14.5. The van der Waals surface area contributed by atoms with Crippen molar-refractivity contribution in [1.82, 2.24) is 9.97 Å². The number of allylic oxidation sites excluding steroid dienone is 2. The molecule has 0 unspecified atom stereocenters. The van der Waals surface area contributed by atoms with Gasteiger partial charge in [0.25, 0.3) is 0 Å². The smallest absolute Gasteiger partial charge is 0.162 e. The maximum absolute atomic E-state index is 11.7. The van der Waals surface area contributed by atoms with E-state index >= 15 is 0 Å². The van der Waals surface area contributed by atoms with Crippen LogP contribution in [0.15, 0.2) is 96.9 Å². The quantitative estimate of drug-likeness (QED) is 0.0844. The van der Waals surface area contributed by atoms with Gasteiger partial charge in [-0.05, 0) is 102 Å². The van der Waals surface area contributed by atoms with E-state index in [9.17, 15) is 9.90 Å². The maximum Gasteiger partial charge on any atom is 0.162 e. The van der Waals surface area contributed by atoms with Gasteiger partial charge in [0.2, 0.25) is 0 Å². The second kappa shape index (κ2) is 22.1. The first kappa shape index (κ1) is 40.3. The first-order valence-electron chi connectivity index (χ1n) is 22.8. The van der Waals surface area contributed by atoms with Crippen molar-refractivity contribution in [3.8, 4) is 22.5 Å². The number of fused-ring (bicyclic) bond motifs is 2. The molecule has 4 nitrogen and oxygen atoms in total. The molecule has 2 heterocycles. The molecule has 1 aliphatic rings. The third-order valence-electron chi connectivity index (χ3n) is 11.2. The summed E-state index contributed by atoms with van der Waals surface area (Å²) in [6, 6.07) is 27.7. The van der Waals surface area contributed by atoms with Gasteiger partial charge in [-0.15, -0.1) is 69.8 Å². The molecule has 7 rings (SSSR count). The van der Waals surface area contributed by atoms with E-state index in [2.05, 4.69) is 65.4 Å². The number of hydrogen-bond donors (Lipinski definition) is 1. The van der Waals surface area contributed by atoms with Crippen LogP contribution in [-0.2, 0) is 24.9 Å². The van der Waals surface area contributed by atoms with E-state index in [4.69, 9.17) is 5.48 Å². The fourth-order valence-corrected chi connectivity index (χ4v) is 8.00. The van der Waals surface area contributed by atoms with Crippen molar-refractivity contribution >= 4 is 27.3 Å². The zero-order chi connectivity index (χ0) is 44.5. The van der Waals surface area contributed by atoms with Crippen LogP contribution in [0.3, 0.4) is 0 Å². The van der Waals surface area contributed by atoms with Crippen molar-refractivity contribution in [3.63, 3.8) is 0 Å². The van der Waals surface area contributed by atoms with Gasteiger partial charge in [0.1, 0.15) is 0 Å². The Hall–Kier alpha value is -4.44. The summed E-state index contributed by atoms with van der Waals surface area (Å²) in [6.07, 6.45) is 10.0. The van der Waals surface area contributed by atoms with Gasteiger partial charge < -0.3 is 15.1 Å². The number of pyridine rings is 2. The summed E-state index contributed by atoms with van der Waals surface area (Å²) in [7, 11) is 0. The molecule has 1 saturated carbocycles. The molecule has 0 saturated heterocycles. The van der Waals surface area contributed by atoms with Gasteiger partial charge in [0.15, 0.2) is 5.78 Å². The van der Waals surface area contributed by atoms with Gasteiger partial charge in [-0.2, -0.15) is 0 Å². The Morgan fingerprint density at radius 2 is 1.19 bits per heavy atom. The fourth-order valence-electron chi connectivity index (χ4n) is 8.00. The number of aliphatic hydroxyl groups excluding tert-OH is 1. The van der Waals surface area contributed by atoms with Crippen LogP contribution in [0.2, 0.25) is 0 Å². The van der Waals surface area contributed by atoms with Crippen LogP contribution >= 0.6 is 0 Å². The largest absolute Gasteiger partial charge is 0.512 e. The first-order valence-corrected chi connectivity index (χ1v) is 20.8. The van der Waals surface area contributed by atoms with E-state index in [1.165, 1.54) is 37.3 Å². The number of benzene rings is 4. The van der Waals surface area contributed by atoms with Gasteiger partial charge in [0.05, 0.1) is 11.2 Å². The predicted molar refractivity (Wildman–Crippen MR) is 241 cm³/mol. The molecule has 1 aliphatic carbocycles. The molecule has 0 aliphatic heterocycles. The number of hydrogen-bond acceptors (Lipinski definition) is 4. The topological polar surface area (TPSA) is 63.1 Å². The first-order chi connectivity index (χ1) is 29.1. The number of carbonyl (C=O) groups excluding carboxylic acids is 1. The number of nitrogens with zero attached hydrogens (tertiary/aromatic N) is 2. The fraction of sp³-hybridized carbons (Fsp3) is 0.377. The van der Waals surface area contributed by atoms with Crippen LogP contribution in [0.5, 0.6) is 0 Å². The van der Waals surface area contributed by atoms with Gasteiger partial charge in [-0.25, -0.2) is 0 Å². The van der Waals surface area contributed by atoms with Crippen molar-refractivity contribution in [1.29, 1.82) is 0 Å². The number of ketones is 1. The van der Waals surface area contributed by atoms with Crippen molar-refractivity contribution in [2.45, 2.75) is 120 Å². The second-order valence-electron chi connectivity index (χ2n) is 15.7. The Labute approximate surface area is 367 Å². The van der Waals surface area contributed by atoms with Crippen LogP contribution in [0.25, 0.3) is 44.1 Å². The van der Waals surface area contributed by atoms with Crippen molar-refractivity contribution in [2.75, 3.05) is 0 Å². The molecule has 5 heteroatoms. The van der Waals surface area contributed by atoms with Gasteiger partial charge >= 0.3 is 0 Å². The summed E-state index contributed by atoms with van der Waals surface area (Å²) < 4.78 is 32.5. The van der Waals surface area contributed by atoms with Crippen LogP contribution in [0.4, 0.5) is 0 Å². The molecular weight excluding hydrogens is 889 g/mol. The van der Waals surface area contributed by atoms with Crippen LogP contribution in [0.1, 0.15) is 124 Å². The van der Waals surface area contributed by atoms with Gasteiger partial charge in [-0.3, -0.25) is 4.79 Å². The van der Waals surface area contributed by atoms with E-state index in [1.807, 2.05) is 79.7 Å². The second-order valence-corrected chi connectivity index (χ2v) is 15.7. The molecule has 0 atom stereocenters. The summed E-state index contributed by atoms with van der Waals surface area (Å²) in [5.41, 5.74) is 10.1. The molecule has 6 aromatic rings. The third kappa shape index (κ3) is 12.1. The average Bonchev–Trinajstić information content (AvgIpc) is 3.77. The van der Waals surface area contributed by atoms with Crippen LogP contribution < -0.4 is 0 Å². The van der Waals surface area contributed by atoms with Gasteiger partial charge in [0, 0.05) is 50.4 Å². The average molecular weight is 955 g/mol. The molecule has 307 valence electrons. The van der Waals surface area contributed by atoms with E-state index in [1.54, 1.807) is 0 Å². The molecule has 1 fully saturated rings. The van der Waals surface area contributed by atoms with Gasteiger partial charge in [-0.1, -0.05) is 110 Å². The SMILES string of the molecule is CCC(CC)C(=O)/C=C(\O)C(CC)CC.[2H]c1nc(-c2[c-]c(C)cc(C)c2)c2ccc(C)cc2c1[2H].[2H]c1nc(-c2[c-]c(C)cc(C)c2)c2ccc(C3CCCC3)cc2c1[2H].[Ir]. The van der Waals surface area contributed by atoms with Crippen LogP contribution in [-0.4, -0.2) is 20.9 Å². The minimum Gasteiger partial charge on any atom is -0.512 e. The monoisotopic (exact) mass is 955 g/mol. The summed E-state index contributed by atoms with van der Waals surface area (Å²) in [4.78, 5) is 20.5. The maximum atomic E-state index is 11.7. The Balaban J connectivity index is 0.000000210. The Bertz CT molecular complexity index is 2500. The molecule has 1 N–H and O–H groups in total. The van der Waals surface area contributed by atoms with E-state index in [0.717, 1.165) is 97.6 Å². The number of carbonyl (C=O) groups is 1. The van der Waals surface area contributed by atoms with E-state index in [-0.39, 0.29) is 67.9 Å². The Morgan fingerprint density at radius 1 is 0.707 bits per heavy atom. The summed E-state index contributed by atoms with van der Waals surface area (Å²) in [5, 5.41) is 13.2. The van der Waals surface area contributed by atoms with E-state index < -0.39 is 0 Å². The molecule has 0 amide bonds. The molecule has 1 radical (unpaired) electrons. The third-order valence-corrected chi connectivity index (χ3v) is 11.2. The Kier molecular flexibility index (Phi) is 15.4. The van der Waals surface area contributed by atoms with E-state index in [0.29, 0.717) is 5.92 Å². The zero-order valence-electron chi connectivity index (χ0n) is 39.8. The number of aryl methyl sites for hydroxylation is 5. The minimum absolute atomic E-state index is 0. The number of aromatic nitrogens is 2. The van der Waals surface area contributed by atoms with Crippen molar-refractivity contribution in [2.24, 2.45) is 11.8 Å². The number of aliphatic hydroxyl groups is 1. The van der Waals surface area contributed by atoms with Crippen LogP contribution in [0, 0.1) is 58.6 Å². The standard InChI is InChI=1S/C22H22N.C18H16N.C13H24O2.Ir/c1-15-11-16(2)13-20(12-15)22-21-8-7-18(17-5-3-4-6-17)14-19(21)9-10-23-22;1-12-4-5-17-15(9-12)6-7-19-18(17)16-10-13(2)8-14(3)11-16;1-5-10(6-2)12(14)9-13(15)11(7-3)8-4;/h7-12,14,17H,3-6H2,1-2H3;4-10H,1-3H3;9-11,14H,5-8H2,1-4H3;/q2*-1;;/b;;12-9-;/i9D,10D;6D,7D;;. The summed E-state index contributed by atoms with van der Waals surface area (Å²) >= 11 is 0. The minimum atomic E-state index is 0. The molecule has 2 aromatic heterocycles. The zero-order valence-corrected chi connectivity index (χ0v) is 38.2. The Morgan fingerprint density at radius 3 is 1.67 bits per heavy atom. The molecule has 0 bridgehead atoms. The normalized spacial score (nSPS) is 13.9. The molecule has 58 heavy (non-hydrogen) atoms. The summed E-state index contributed by atoms with van der Waals surface area (Å²) in [5.74, 6) is 1.15. The van der Waals surface area contributed by atoms with Crippen molar-refractivity contribution < 1.29 is 35.5 Å². The molecular formula is C53H62IrN2O2-2. The number of rotatable bonds is 10. The molecule has 4 aromatic carbocycles. The molecule has 0 spiro atoms.